The maximum Gasteiger partial charge on any atom is 0.246 e. The molecule has 3 rings (SSSR count). The lowest BCUT2D eigenvalue weighted by Crippen LogP contribution is -2.67. The van der Waals surface area contributed by atoms with Crippen molar-refractivity contribution in [2.24, 2.45) is 7.05 Å². The van der Waals surface area contributed by atoms with Gasteiger partial charge in [0, 0.05) is 25.4 Å². The smallest absolute Gasteiger partial charge is 0.246 e. The van der Waals surface area contributed by atoms with E-state index in [0.717, 1.165) is 37.7 Å². The Morgan fingerprint density at radius 2 is 2.05 bits per heavy atom. The van der Waals surface area contributed by atoms with E-state index in [2.05, 4.69) is 10.4 Å². The zero-order chi connectivity index (χ0) is 14.2. The second-order valence-electron chi connectivity index (χ2n) is 5.78. The number of nitrogens with one attached hydrogen (secondary N) is 1. The first-order valence-electron chi connectivity index (χ1n) is 7.18. The predicted molar refractivity (Wildman–Crippen MR) is 72.6 cm³/mol. The average molecular weight is 276 g/mol. The minimum Gasteiger partial charge on any atom is -0.345 e. The van der Waals surface area contributed by atoms with Gasteiger partial charge in [0.05, 0.1) is 12.7 Å². The van der Waals surface area contributed by atoms with E-state index in [9.17, 15) is 9.59 Å². The standard InChI is InChI=1S/C14H20N4O2/c1-17-9-11(7-16-17)10-18-12(19)8-15-13(20)14(18)5-3-2-4-6-14/h7,9H,2-6,8,10H2,1H3,(H,15,20). The van der Waals surface area contributed by atoms with Gasteiger partial charge >= 0.3 is 0 Å². The largest absolute Gasteiger partial charge is 0.345 e. The number of carbonyl (C=O) groups is 2. The highest BCUT2D eigenvalue weighted by Gasteiger charge is 2.49. The van der Waals surface area contributed by atoms with Crippen LogP contribution < -0.4 is 5.32 Å². The fourth-order valence-corrected chi connectivity index (χ4v) is 3.39. The molecule has 2 amide bonds. The van der Waals surface area contributed by atoms with Gasteiger partial charge in [-0.25, -0.2) is 0 Å². The second-order valence-corrected chi connectivity index (χ2v) is 5.78. The van der Waals surface area contributed by atoms with Crippen LogP contribution in [-0.4, -0.2) is 38.6 Å². The third-order valence-corrected chi connectivity index (χ3v) is 4.42. The molecule has 6 heteroatoms. The Bertz CT molecular complexity index is 531. The molecule has 1 aliphatic heterocycles. The molecule has 20 heavy (non-hydrogen) atoms. The fraction of sp³-hybridized carbons (Fsp3) is 0.643. The van der Waals surface area contributed by atoms with Crippen LogP contribution in [0.1, 0.15) is 37.7 Å². The van der Waals surface area contributed by atoms with Crippen LogP contribution in [0.3, 0.4) is 0 Å². The summed E-state index contributed by atoms with van der Waals surface area (Å²) in [5.74, 6) is 0.0241. The Morgan fingerprint density at radius 3 is 2.70 bits per heavy atom. The molecule has 1 saturated carbocycles. The van der Waals surface area contributed by atoms with Gasteiger partial charge in [-0.1, -0.05) is 19.3 Å². The maximum absolute atomic E-state index is 12.4. The molecule has 2 heterocycles. The normalized spacial score (nSPS) is 22.1. The molecule has 108 valence electrons. The lowest BCUT2D eigenvalue weighted by Gasteiger charge is -2.47. The second kappa shape index (κ2) is 4.92. The molecule has 2 fully saturated rings. The van der Waals surface area contributed by atoms with Crippen molar-refractivity contribution in [1.82, 2.24) is 20.0 Å². The third kappa shape index (κ3) is 2.09. The van der Waals surface area contributed by atoms with Gasteiger partial charge in [0.15, 0.2) is 0 Å². The molecular weight excluding hydrogens is 256 g/mol. The summed E-state index contributed by atoms with van der Waals surface area (Å²) in [6, 6.07) is 0. The Kier molecular flexibility index (Phi) is 3.23. The molecular formula is C14H20N4O2. The van der Waals surface area contributed by atoms with Crippen LogP contribution in [0.25, 0.3) is 0 Å². The highest BCUT2D eigenvalue weighted by molar-refractivity contribution is 5.98. The van der Waals surface area contributed by atoms with Crippen molar-refractivity contribution in [3.05, 3.63) is 18.0 Å². The Labute approximate surface area is 118 Å². The molecule has 0 radical (unpaired) electrons. The third-order valence-electron chi connectivity index (χ3n) is 4.42. The zero-order valence-electron chi connectivity index (χ0n) is 11.8. The molecule has 2 aliphatic rings. The topological polar surface area (TPSA) is 67.2 Å². The summed E-state index contributed by atoms with van der Waals surface area (Å²) in [6.07, 6.45) is 8.35. The SMILES string of the molecule is Cn1cc(CN2C(=O)CNC(=O)C23CCCCC3)cn1. The maximum atomic E-state index is 12.4. The molecule has 1 aromatic rings. The van der Waals surface area contributed by atoms with Gasteiger partial charge in [-0.15, -0.1) is 0 Å². The summed E-state index contributed by atoms with van der Waals surface area (Å²) >= 11 is 0. The summed E-state index contributed by atoms with van der Waals surface area (Å²) in [4.78, 5) is 26.5. The van der Waals surface area contributed by atoms with Crippen LogP contribution in [0.5, 0.6) is 0 Å². The summed E-state index contributed by atoms with van der Waals surface area (Å²) < 4.78 is 1.72. The Hall–Kier alpha value is -1.85. The lowest BCUT2D eigenvalue weighted by atomic mass is 9.78. The van der Waals surface area contributed by atoms with E-state index >= 15 is 0 Å². The number of hydrogen-bond donors (Lipinski definition) is 1. The van der Waals surface area contributed by atoms with Crippen molar-refractivity contribution >= 4 is 11.8 Å². The Morgan fingerprint density at radius 1 is 1.30 bits per heavy atom. The fourth-order valence-electron chi connectivity index (χ4n) is 3.39. The van der Waals surface area contributed by atoms with Gasteiger partial charge in [0.1, 0.15) is 5.54 Å². The van der Waals surface area contributed by atoms with Gasteiger partial charge < -0.3 is 10.2 Å². The first kappa shape index (κ1) is 13.1. The van der Waals surface area contributed by atoms with Crippen molar-refractivity contribution in [3.63, 3.8) is 0 Å². The molecule has 0 aromatic carbocycles. The number of hydrogen-bond acceptors (Lipinski definition) is 3. The predicted octanol–water partition coefficient (Wildman–Crippen LogP) is 0.581. The lowest BCUT2D eigenvalue weighted by molar-refractivity contribution is -0.157. The van der Waals surface area contributed by atoms with Crippen molar-refractivity contribution in [3.8, 4) is 0 Å². The van der Waals surface area contributed by atoms with Gasteiger partial charge in [0.2, 0.25) is 11.8 Å². The summed E-state index contributed by atoms with van der Waals surface area (Å²) in [7, 11) is 1.85. The molecule has 1 saturated heterocycles. The molecule has 1 spiro atoms. The van der Waals surface area contributed by atoms with E-state index in [1.165, 1.54) is 0 Å². The molecule has 1 aliphatic carbocycles. The van der Waals surface area contributed by atoms with Gasteiger partial charge in [-0.3, -0.25) is 14.3 Å². The number of amides is 2. The highest BCUT2D eigenvalue weighted by atomic mass is 16.2. The molecule has 1 N–H and O–H groups in total. The molecule has 6 nitrogen and oxygen atoms in total. The van der Waals surface area contributed by atoms with E-state index in [1.807, 2.05) is 13.2 Å². The monoisotopic (exact) mass is 276 g/mol. The van der Waals surface area contributed by atoms with Crippen LogP contribution in [-0.2, 0) is 23.2 Å². The number of rotatable bonds is 2. The quantitative estimate of drug-likeness (QED) is 0.859. The number of nitrogens with zero attached hydrogens (tertiary/aromatic N) is 3. The van der Waals surface area contributed by atoms with Crippen LogP contribution in [0.4, 0.5) is 0 Å². The molecule has 0 atom stereocenters. The number of piperazine rings is 1. The van der Waals surface area contributed by atoms with Gasteiger partial charge in [0.25, 0.3) is 0 Å². The van der Waals surface area contributed by atoms with Crippen LogP contribution in [0, 0.1) is 0 Å². The highest BCUT2D eigenvalue weighted by Crippen LogP contribution is 2.36. The summed E-state index contributed by atoms with van der Waals surface area (Å²) in [5, 5.41) is 6.90. The van der Waals surface area contributed by atoms with E-state index in [1.54, 1.807) is 15.8 Å². The molecule has 1 aromatic heterocycles. The average Bonchev–Trinajstić information content (AvgIpc) is 2.86. The summed E-state index contributed by atoms with van der Waals surface area (Å²) in [5.41, 5.74) is 0.337. The number of aryl methyl sites for hydroxylation is 1. The van der Waals surface area contributed by atoms with Crippen molar-refractivity contribution in [2.75, 3.05) is 6.54 Å². The van der Waals surface area contributed by atoms with Crippen LogP contribution in [0.15, 0.2) is 12.4 Å². The number of aromatic nitrogens is 2. The van der Waals surface area contributed by atoms with Gasteiger partial charge in [-0.2, -0.15) is 5.10 Å². The minimum atomic E-state index is -0.635. The van der Waals surface area contributed by atoms with E-state index in [0.29, 0.717) is 6.54 Å². The van der Waals surface area contributed by atoms with Crippen LogP contribution in [0.2, 0.25) is 0 Å². The van der Waals surface area contributed by atoms with Crippen molar-refractivity contribution in [2.45, 2.75) is 44.2 Å². The van der Waals surface area contributed by atoms with Crippen LogP contribution >= 0.6 is 0 Å². The van der Waals surface area contributed by atoms with E-state index < -0.39 is 5.54 Å². The number of carbonyl (C=O) groups excluding carboxylic acids is 2. The Balaban J connectivity index is 1.90. The first-order valence-corrected chi connectivity index (χ1v) is 7.18. The van der Waals surface area contributed by atoms with Crippen molar-refractivity contribution in [1.29, 1.82) is 0 Å². The van der Waals surface area contributed by atoms with E-state index in [-0.39, 0.29) is 18.4 Å². The summed E-state index contributed by atoms with van der Waals surface area (Å²) in [6.45, 7) is 0.584. The minimum absolute atomic E-state index is 0.00959. The van der Waals surface area contributed by atoms with E-state index in [4.69, 9.17) is 0 Å². The zero-order valence-corrected chi connectivity index (χ0v) is 11.8. The van der Waals surface area contributed by atoms with Gasteiger partial charge in [-0.05, 0) is 12.8 Å². The molecule has 0 bridgehead atoms. The molecule has 0 unspecified atom stereocenters. The first-order chi connectivity index (χ1) is 9.62. The van der Waals surface area contributed by atoms with Crippen molar-refractivity contribution < 1.29 is 9.59 Å².